The third-order valence-corrected chi connectivity index (χ3v) is 5.19. The largest absolute Gasteiger partial charge is 0.487 e. The SMILES string of the molecule is O=C(Nc1cnn(Cc2ccccc2F)c1)c1cccc(COc2ccc(Cl)cc2Cl)c1. The minimum Gasteiger partial charge on any atom is -0.487 e. The molecule has 0 fully saturated rings. The highest BCUT2D eigenvalue weighted by molar-refractivity contribution is 6.35. The smallest absolute Gasteiger partial charge is 0.255 e. The molecule has 0 unspecified atom stereocenters. The summed E-state index contributed by atoms with van der Waals surface area (Å²) < 4.78 is 21.1. The van der Waals surface area contributed by atoms with Crippen LogP contribution < -0.4 is 10.1 Å². The van der Waals surface area contributed by atoms with E-state index in [4.69, 9.17) is 27.9 Å². The number of benzene rings is 3. The molecule has 0 aliphatic rings. The molecule has 0 saturated carbocycles. The zero-order chi connectivity index (χ0) is 22.5. The Morgan fingerprint density at radius 3 is 2.72 bits per heavy atom. The van der Waals surface area contributed by atoms with Gasteiger partial charge in [0.25, 0.3) is 5.91 Å². The van der Waals surface area contributed by atoms with Gasteiger partial charge in [0.15, 0.2) is 0 Å². The van der Waals surface area contributed by atoms with Crippen LogP contribution >= 0.6 is 23.2 Å². The molecule has 5 nitrogen and oxygen atoms in total. The van der Waals surface area contributed by atoms with E-state index in [9.17, 15) is 9.18 Å². The van der Waals surface area contributed by atoms with Crippen LogP contribution in [-0.2, 0) is 13.2 Å². The first-order chi connectivity index (χ1) is 15.5. The summed E-state index contributed by atoms with van der Waals surface area (Å²) in [6.07, 6.45) is 3.17. The Hall–Kier alpha value is -3.35. The van der Waals surface area contributed by atoms with Crippen LogP contribution in [0.25, 0.3) is 0 Å². The zero-order valence-electron chi connectivity index (χ0n) is 16.8. The summed E-state index contributed by atoms with van der Waals surface area (Å²) in [6.45, 7) is 0.506. The Balaban J connectivity index is 1.39. The average Bonchev–Trinajstić information content (AvgIpc) is 3.21. The molecule has 0 atom stereocenters. The normalized spacial score (nSPS) is 10.7. The minimum atomic E-state index is -0.299. The van der Waals surface area contributed by atoms with E-state index >= 15 is 0 Å². The molecule has 0 saturated heterocycles. The van der Waals surface area contributed by atoms with Gasteiger partial charge in [-0.05, 0) is 42.0 Å². The van der Waals surface area contributed by atoms with Gasteiger partial charge in [0.05, 0.1) is 23.5 Å². The maximum atomic E-state index is 13.8. The van der Waals surface area contributed by atoms with E-state index in [2.05, 4.69) is 10.4 Å². The second-order valence-corrected chi connectivity index (χ2v) is 7.88. The van der Waals surface area contributed by atoms with Crippen molar-refractivity contribution in [3.05, 3.63) is 112 Å². The molecule has 0 spiro atoms. The summed E-state index contributed by atoms with van der Waals surface area (Å²) in [5, 5.41) is 7.93. The molecule has 32 heavy (non-hydrogen) atoms. The van der Waals surface area contributed by atoms with Crippen LogP contribution in [0.5, 0.6) is 5.75 Å². The van der Waals surface area contributed by atoms with E-state index in [0.717, 1.165) is 5.56 Å². The van der Waals surface area contributed by atoms with E-state index in [1.165, 1.54) is 12.3 Å². The first kappa shape index (κ1) is 21.9. The highest BCUT2D eigenvalue weighted by Gasteiger charge is 2.10. The van der Waals surface area contributed by atoms with E-state index in [-0.39, 0.29) is 24.9 Å². The molecule has 4 aromatic rings. The van der Waals surface area contributed by atoms with Gasteiger partial charge in [-0.25, -0.2) is 4.39 Å². The number of hydrogen-bond acceptors (Lipinski definition) is 3. The highest BCUT2D eigenvalue weighted by atomic mass is 35.5. The van der Waals surface area contributed by atoms with Gasteiger partial charge in [-0.15, -0.1) is 0 Å². The molecule has 8 heteroatoms. The fraction of sp³-hybridized carbons (Fsp3) is 0.0833. The lowest BCUT2D eigenvalue weighted by atomic mass is 10.1. The van der Waals surface area contributed by atoms with Crippen LogP contribution in [0, 0.1) is 5.82 Å². The second kappa shape index (κ2) is 9.85. The number of ether oxygens (including phenoxy) is 1. The van der Waals surface area contributed by atoms with Crippen molar-refractivity contribution in [3.8, 4) is 5.75 Å². The third-order valence-electron chi connectivity index (χ3n) is 4.66. The Bertz CT molecular complexity index is 1260. The fourth-order valence-corrected chi connectivity index (χ4v) is 3.54. The van der Waals surface area contributed by atoms with Crippen molar-refractivity contribution >= 4 is 34.8 Å². The van der Waals surface area contributed by atoms with Gasteiger partial charge in [0.2, 0.25) is 0 Å². The number of nitrogens with zero attached hydrogens (tertiary/aromatic N) is 2. The monoisotopic (exact) mass is 469 g/mol. The van der Waals surface area contributed by atoms with Crippen molar-refractivity contribution in [2.75, 3.05) is 5.32 Å². The third kappa shape index (κ3) is 5.46. The molecule has 1 N–H and O–H groups in total. The maximum absolute atomic E-state index is 13.8. The lowest BCUT2D eigenvalue weighted by Crippen LogP contribution is -2.12. The van der Waals surface area contributed by atoms with Gasteiger partial charge in [0.1, 0.15) is 18.2 Å². The van der Waals surface area contributed by atoms with Crippen molar-refractivity contribution in [3.63, 3.8) is 0 Å². The van der Waals surface area contributed by atoms with Gasteiger partial charge in [-0.3, -0.25) is 9.48 Å². The Kier molecular flexibility index (Phi) is 6.73. The van der Waals surface area contributed by atoms with Gasteiger partial charge < -0.3 is 10.1 Å². The van der Waals surface area contributed by atoms with Crippen molar-refractivity contribution in [2.24, 2.45) is 0 Å². The van der Waals surface area contributed by atoms with E-state index in [0.29, 0.717) is 32.6 Å². The van der Waals surface area contributed by atoms with Gasteiger partial charge in [-0.1, -0.05) is 53.5 Å². The summed E-state index contributed by atoms with van der Waals surface area (Å²) in [7, 11) is 0. The van der Waals surface area contributed by atoms with Crippen molar-refractivity contribution in [1.29, 1.82) is 0 Å². The molecule has 4 rings (SSSR count). The van der Waals surface area contributed by atoms with Crippen LogP contribution in [0.1, 0.15) is 21.5 Å². The molecule has 0 radical (unpaired) electrons. The van der Waals surface area contributed by atoms with E-state index in [1.54, 1.807) is 65.5 Å². The van der Waals surface area contributed by atoms with Crippen molar-refractivity contribution < 1.29 is 13.9 Å². The molecule has 0 bridgehead atoms. The molecule has 0 aliphatic carbocycles. The van der Waals surface area contributed by atoms with Gasteiger partial charge in [-0.2, -0.15) is 5.10 Å². The molecule has 1 aromatic heterocycles. The number of hydrogen-bond donors (Lipinski definition) is 1. The Morgan fingerprint density at radius 2 is 1.91 bits per heavy atom. The number of nitrogens with one attached hydrogen (secondary N) is 1. The number of carbonyl (C=O) groups is 1. The lowest BCUT2D eigenvalue weighted by molar-refractivity contribution is 0.102. The molecule has 0 aliphatic heterocycles. The van der Waals surface area contributed by atoms with Crippen LogP contribution in [0.4, 0.5) is 10.1 Å². The predicted octanol–water partition coefficient (Wildman–Crippen LogP) is 6.21. The number of rotatable bonds is 7. The summed E-state index contributed by atoms with van der Waals surface area (Å²) >= 11 is 12.0. The topological polar surface area (TPSA) is 56.2 Å². The first-order valence-electron chi connectivity index (χ1n) is 9.72. The molecule has 162 valence electrons. The molecule has 1 heterocycles. The second-order valence-electron chi connectivity index (χ2n) is 7.04. The van der Waals surface area contributed by atoms with E-state index in [1.807, 2.05) is 6.07 Å². The van der Waals surface area contributed by atoms with Crippen LogP contribution in [0.2, 0.25) is 10.0 Å². The van der Waals surface area contributed by atoms with E-state index < -0.39 is 0 Å². The standard InChI is InChI=1S/C24H18Cl2FN3O2/c25-19-8-9-23(21(26)11-19)32-15-16-4-3-6-17(10-16)24(31)29-20-12-28-30(14-20)13-18-5-1-2-7-22(18)27/h1-12,14H,13,15H2,(H,29,31). The molecular formula is C24H18Cl2FN3O2. The minimum absolute atomic E-state index is 0.239. The summed E-state index contributed by atoms with van der Waals surface area (Å²) in [5.74, 6) is -0.0810. The average molecular weight is 470 g/mol. The summed E-state index contributed by atoms with van der Waals surface area (Å²) in [5.41, 5.74) is 2.30. The number of aromatic nitrogens is 2. The first-order valence-corrected chi connectivity index (χ1v) is 10.5. The fourth-order valence-electron chi connectivity index (χ4n) is 3.07. The number of anilines is 1. The van der Waals surface area contributed by atoms with Crippen LogP contribution in [-0.4, -0.2) is 15.7 Å². The lowest BCUT2D eigenvalue weighted by Gasteiger charge is -2.09. The number of halogens is 3. The highest BCUT2D eigenvalue weighted by Crippen LogP contribution is 2.28. The number of amides is 1. The van der Waals surface area contributed by atoms with Gasteiger partial charge >= 0.3 is 0 Å². The summed E-state index contributed by atoms with van der Waals surface area (Å²) in [4.78, 5) is 12.7. The quantitative estimate of drug-likeness (QED) is 0.350. The predicted molar refractivity (Wildman–Crippen MR) is 123 cm³/mol. The van der Waals surface area contributed by atoms with Crippen molar-refractivity contribution in [1.82, 2.24) is 9.78 Å². The Labute approximate surface area is 194 Å². The van der Waals surface area contributed by atoms with Crippen molar-refractivity contribution in [2.45, 2.75) is 13.2 Å². The molecule has 3 aromatic carbocycles. The summed E-state index contributed by atoms with van der Waals surface area (Å²) in [6, 6.07) is 18.6. The molecular weight excluding hydrogens is 452 g/mol. The zero-order valence-corrected chi connectivity index (χ0v) is 18.3. The van der Waals surface area contributed by atoms with Gasteiger partial charge in [0, 0.05) is 22.3 Å². The van der Waals surface area contributed by atoms with Crippen LogP contribution in [0.3, 0.4) is 0 Å². The number of carbonyl (C=O) groups excluding carboxylic acids is 1. The maximum Gasteiger partial charge on any atom is 0.255 e. The van der Waals surface area contributed by atoms with Crippen LogP contribution in [0.15, 0.2) is 79.1 Å². The molecule has 1 amide bonds. The Morgan fingerprint density at radius 1 is 1.06 bits per heavy atom.